The zero-order valence-electron chi connectivity index (χ0n) is 11.4. The molecule has 0 unspecified atom stereocenters. The molecule has 0 radical (unpaired) electrons. The molecule has 0 bridgehead atoms. The van der Waals surface area contributed by atoms with E-state index in [0.717, 1.165) is 5.56 Å². The maximum absolute atomic E-state index is 12.8. The lowest BCUT2D eigenvalue weighted by atomic mass is 9.93. The topological polar surface area (TPSA) is 37.3 Å². The van der Waals surface area contributed by atoms with Crippen LogP contribution < -0.4 is 0 Å². The molecule has 3 aromatic rings. The molecule has 0 aliphatic heterocycles. The summed E-state index contributed by atoms with van der Waals surface area (Å²) in [6.07, 6.45) is 0. The Hall–Kier alpha value is -2.32. The summed E-state index contributed by atoms with van der Waals surface area (Å²) in [5.74, 6) is 0.0872. The maximum atomic E-state index is 12.8. The number of phenols is 1. The molecular formula is C18H13ClO2. The van der Waals surface area contributed by atoms with Crippen LogP contribution in [0.15, 0.2) is 54.6 Å². The molecule has 21 heavy (non-hydrogen) atoms. The van der Waals surface area contributed by atoms with Crippen molar-refractivity contribution in [3.8, 4) is 5.75 Å². The lowest BCUT2D eigenvalue weighted by molar-refractivity contribution is 0.104. The highest BCUT2D eigenvalue weighted by molar-refractivity contribution is 6.32. The van der Waals surface area contributed by atoms with E-state index >= 15 is 0 Å². The Labute approximate surface area is 127 Å². The summed E-state index contributed by atoms with van der Waals surface area (Å²) >= 11 is 6.05. The van der Waals surface area contributed by atoms with Crippen LogP contribution in [0.1, 0.15) is 21.5 Å². The minimum atomic E-state index is -0.0691. The normalized spacial score (nSPS) is 10.8. The predicted octanol–water partition coefficient (Wildman–Crippen LogP) is 4.74. The molecule has 104 valence electrons. The van der Waals surface area contributed by atoms with Gasteiger partial charge in [-0.3, -0.25) is 4.79 Å². The number of carbonyl (C=O) groups is 1. The summed E-state index contributed by atoms with van der Waals surface area (Å²) in [7, 11) is 0. The number of hydrogen-bond acceptors (Lipinski definition) is 2. The van der Waals surface area contributed by atoms with Gasteiger partial charge in [0.15, 0.2) is 5.78 Å². The van der Waals surface area contributed by atoms with Crippen molar-refractivity contribution < 1.29 is 9.90 Å². The van der Waals surface area contributed by atoms with Crippen LogP contribution in [0, 0.1) is 6.92 Å². The van der Waals surface area contributed by atoms with Gasteiger partial charge in [0.1, 0.15) is 5.75 Å². The number of rotatable bonds is 2. The molecule has 0 fully saturated rings. The zero-order valence-corrected chi connectivity index (χ0v) is 12.2. The van der Waals surface area contributed by atoms with Crippen molar-refractivity contribution in [3.05, 3.63) is 76.3 Å². The fourth-order valence-corrected chi connectivity index (χ4v) is 2.72. The summed E-state index contributed by atoms with van der Waals surface area (Å²) in [5, 5.41) is 11.9. The van der Waals surface area contributed by atoms with Gasteiger partial charge in [0.25, 0.3) is 0 Å². The Morgan fingerprint density at radius 3 is 2.43 bits per heavy atom. The number of fused-ring (bicyclic) bond motifs is 1. The average molecular weight is 297 g/mol. The van der Waals surface area contributed by atoms with E-state index in [0.29, 0.717) is 26.9 Å². The van der Waals surface area contributed by atoms with Gasteiger partial charge in [-0.1, -0.05) is 41.9 Å². The highest BCUT2D eigenvalue weighted by Crippen LogP contribution is 2.33. The number of carbonyl (C=O) groups excluding carboxylic acids is 1. The van der Waals surface area contributed by atoms with Crippen molar-refractivity contribution >= 4 is 28.2 Å². The quantitative estimate of drug-likeness (QED) is 0.694. The average Bonchev–Trinajstić information content (AvgIpc) is 2.47. The van der Waals surface area contributed by atoms with E-state index in [1.165, 1.54) is 0 Å². The summed E-state index contributed by atoms with van der Waals surface area (Å²) in [4.78, 5) is 12.8. The van der Waals surface area contributed by atoms with Crippen LogP contribution >= 0.6 is 11.6 Å². The first-order chi connectivity index (χ1) is 10.1. The highest BCUT2D eigenvalue weighted by atomic mass is 35.5. The minimum Gasteiger partial charge on any atom is -0.507 e. The highest BCUT2D eigenvalue weighted by Gasteiger charge is 2.17. The largest absolute Gasteiger partial charge is 0.507 e. The second-order valence-corrected chi connectivity index (χ2v) is 5.41. The van der Waals surface area contributed by atoms with Gasteiger partial charge in [0.05, 0.1) is 0 Å². The first-order valence-corrected chi connectivity index (χ1v) is 6.97. The van der Waals surface area contributed by atoms with Crippen molar-refractivity contribution in [2.45, 2.75) is 6.92 Å². The molecule has 0 saturated carbocycles. The van der Waals surface area contributed by atoms with Gasteiger partial charge in [-0.25, -0.2) is 0 Å². The van der Waals surface area contributed by atoms with Crippen LogP contribution in [-0.4, -0.2) is 10.9 Å². The third-order valence-corrected chi connectivity index (χ3v) is 3.77. The number of aromatic hydroxyl groups is 1. The first kappa shape index (κ1) is 13.7. The van der Waals surface area contributed by atoms with Gasteiger partial charge < -0.3 is 5.11 Å². The summed E-state index contributed by atoms with van der Waals surface area (Å²) in [6.45, 7) is 1.82. The van der Waals surface area contributed by atoms with Crippen LogP contribution in [-0.2, 0) is 0 Å². The van der Waals surface area contributed by atoms with Crippen LogP contribution in [0.5, 0.6) is 5.75 Å². The third kappa shape index (κ3) is 2.39. The molecule has 2 nitrogen and oxygen atoms in total. The molecule has 1 N–H and O–H groups in total. The van der Waals surface area contributed by atoms with Crippen molar-refractivity contribution in [2.24, 2.45) is 0 Å². The Morgan fingerprint density at radius 2 is 1.71 bits per heavy atom. The van der Waals surface area contributed by atoms with E-state index in [4.69, 9.17) is 11.6 Å². The first-order valence-electron chi connectivity index (χ1n) is 6.59. The molecule has 0 aliphatic rings. The Balaban J connectivity index is 2.32. The van der Waals surface area contributed by atoms with Crippen LogP contribution in [0.2, 0.25) is 5.02 Å². The monoisotopic (exact) mass is 296 g/mol. The van der Waals surface area contributed by atoms with Crippen molar-refractivity contribution in [2.75, 3.05) is 0 Å². The number of hydrogen-bond donors (Lipinski definition) is 1. The van der Waals surface area contributed by atoms with Gasteiger partial charge >= 0.3 is 0 Å². The predicted molar refractivity (Wildman–Crippen MR) is 85.2 cm³/mol. The third-order valence-electron chi connectivity index (χ3n) is 3.54. The molecule has 0 spiro atoms. The standard InChI is InChI=1S/C18H13ClO2/c1-11-9-16(20)14-8-7-13(19)10-15(14)17(11)18(21)12-5-3-2-4-6-12/h2-10,20H,1H3. The number of aryl methyl sites for hydroxylation is 1. The van der Waals surface area contributed by atoms with Gasteiger partial charge in [-0.2, -0.15) is 0 Å². The number of phenolic OH excluding ortho intramolecular Hbond substituents is 1. The Bertz CT molecular complexity index is 839. The van der Waals surface area contributed by atoms with E-state index in [2.05, 4.69) is 0 Å². The lowest BCUT2D eigenvalue weighted by Crippen LogP contribution is -2.04. The molecular weight excluding hydrogens is 284 g/mol. The fourth-order valence-electron chi connectivity index (χ4n) is 2.55. The van der Waals surface area contributed by atoms with E-state index in [1.807, 2.05) is 25.1 Å². The van der Waals surface area contributed by atoms with E-state index in [9.17, 15) is 9.90 Å². The van der Waals surface area contributed by atoms with Gasteiger partial charge in [-0.15, -0.1) is 0 Å². The van der Waals surface area contributed by atoms with E-state index in [1.54, 1.807) is 36.4 Å². The molecule has 3 aromatic carbocycles. The van der Waals surface area contributed by atoms with E-state index < -0.39 is 0 Å². The molecule has 0 aromatic heterocycles. The molecule has 0 saturated heterocycles. The molecule has 3 heteroatoms. The lowest BCUT2D eigenvalue weighted by Gasteiger charge is -2.11. The van der Waals surface area contributed by atoms with Crippen molar-refractivity contribution in [3.63, 3.8) is 0 Å². The molecule has 3 rings (SSSR count). The molecule has 0 atom stereocenters. The number of halogens is 1. The Kier molecular flexibility index (Phi) is 3.40. The number of benzene rings is 3. The SMILES string of the molecule is Cc1cc(O)c2ccc(Cl)cc2c1C(=O)c1ccccc1. The van der Waals surface area contributed by atoms with Crippen LogP contribution in [0.4, 0.5) is 0 Å². The molecule has 0 amide bonds. The smallest absolute Gasteiger partial charge is 0.193 e. The van der Waals surface area contributed by atoms with Crippen LogP contribution in [0.25, 0.3) is 10.8 Å². The van der Waals surface area contributed by atoms with Crippen LogP contribution in [0.3, 0.4) is 0 Å². The minimum absolute atomic E-state index is 0.0691. The van der Waals surface area contributed by atoms with Gasteiger partial charge in [0, 0.05) is 21.5 Å². The maximum Gasteiger partial charge on any atom is 0.193 e. The molecule has 0 heterocycles. The summed E-state index contributed by atoms with van der Waals surface area (Å²) in [5.41, 5.74) is 1.93. The Morgan fingerprint density at radius 1 is 1.00 bits per heavy atom. The summed E-state index contributed by atoms with van der Waals surface area (Å²) in [6, 6.07) is 15.9. The van der Waals surface area contributed by atoms with E-state index in [-0.39, 0.29) is 11.5 Å². The zero-order chi connectivity index (χ0) is 15.0. The summed E-state index contributed by atoms with van der Waals surface area (Å²) < 4.78 is 0. The molecule has 0 aliphatic carbocycles. The number of ketones is 1. The van der Waals surface area contributed by atoms with Gasteiger partial charge in [0.2, 0.25) is 0 Å². The second kappa shape index (κ2) is 5.23. The fraction of sp³-hybridized carbons (Fsp3) is 0.0556. The van der Waals surface area contributed by atoms with Crippen molar-refractivity contribution in [1.82, 2.24) is 0 Å². The van der Waals surface area contributed by atoms with Gasteiger partial charge in [-0.05, 0) is 42.1 Å². The van der Waals surface area contributed by atoms with Crippen molar-refractivity contribution in [1.29, 1.82) is 0 Å². The second-order valence-electron chi connectivity index (χ2n) is 4.97.